The second-order valence-electron chi connectivity index (χ2n) is 6.17. The molecule has 0 aliphatic heterocycles. The Morgan fingerprint density at radius 1 is 1.07 bits per heavy atom. The van der Waals surface area contributed by atoms with Gasteiger partial charge < -0.3 is 11.1 Å². The van der Waals surface area contributed by atoms with E-state index < -0.39 is 11.9 Å². The number of aryl methyl sites for hydroxylation is 2. The molecule has 3 rings (SSSR count). The number of nitrogen functional groups attached to an aromatic ring is 1. The molecular formula is C19H17F3N4O. The lowest BCUT2D eigenvalue weighted by Gasteiger charge is -2.11. The molecule has 2 aromatic carbocycles. The zero-order chi connectivity index (χ0) is 19.8. The van der Waals surface area contributed by atoms with E-state index in [0.717, 1.165) is 16.3 Å². The number of halogens is 3. The molecule has 27 heavy (non-hydrogen) atoms. The smallest absolute Gasteiger partial charge is 0.397 e. The standard InChI is InChI=1S/C19H17F3N4O/c1-11-3-6-14(7-4-11)24-18(27)13-5-8-16(15(23)10-13)26-12(2)9-17(25-26)19(20,21)22/h3-10H,23H2,1-2H3,(H,24,27). The molecule has 8 heteroatoms. The van der Waals surface area contributed by atoms with Gasteiger partial charge in [-0.2, -0.15) is 18.3 Å². The fourth-order valence-electron chi connectivity index (χ4n) is 2.59. The molecule has 0 atom stereocenters. The number of hydrogen-bond acceptors (Lipinski definition) is 3. The SMILES string of the molecule is Cc1ccc(NC(=O)c2ccc(-n3nc(C(F)(F)F)cc3C)c(N)c2)cc1. The Bertz CT molecular complexity index is 991. The van der Waals surface area contributed by atoms with Crippen LogP contribution in [-0.4, -0.2) is 15.7 Å². The van der Waals surface area contributed by atoms with Gasteiger partial charge in [-0.3, -0.25) is 4.79 Å². The predicted octanol–water partition coefficient (Wildman–Crippen LogP) is 4.34. The Morgan fingerprint density at radius 2 is 1.74 bits per heavy atom. The van der Waals surface area contributed by atoms with Crippen molar-refractivity contribution in [2.45, 2.75) is 20.0 Å². The topological polar surface area (TPSA) is 72.9 Å². The van der Waals surface area contributed by atoms with Crippen LogP contribution in [-0.2, 0) is 6.18 Å². The summed E-state index contributed by atoms with van der Waals surface area (Å²) in [6, 6.07) is 12.6. The quantitative estimate of drug-likeness (QED) is 0.670. The monoisotopic (exact) mass is 374 g/mol. The minimum Gasteiger partial charge on any atom is -0.397 e. The molecule has 0 saturated heterocycles. The van der Waals surface area contributed by atoms with E-state index in [1.807, 2.05) is 19.1 Å². The first-order valence-electron chi connectivity index (χ1n) is 8.07. The lowest BCUT2D eigenvalue weighted by molar-refractivity contribution is -0.141. The number of amides is 1. The van der Waals surface area contributed by atoms with Crippen LogP contribution in [0.4, 0.5) is 24.5 Å². The molecule has 0 bridgehead atoms. The van der Waals surface area contributed by atoms with Crippen molar-refractivity contribution in [1.29, 1.82) is 0 Å². The molecule has 0 fully saturated rings. The van der Waals surface area contributed by atoms with Crippen molar-refractivity contribution in [2.24, 2.45) is 0 Å². The molecule has 0 aliphatic carbocycles. The summed E-state index contributed by atoms with van der Waals surface area (Å²) in [6.45, 7) is 3.44. The minimum atomic E-state index is -4.54. The van der Waals surface area contributed by atoms with Crippen molar-refractivity contribution in [3.8, 4) is 5.69 Å². The van der Waals surface area contributed by atoms with E-state index in [0.29, 0.717) is 5.69 Å². The maximum absolute atomic E-state index is 12.8. The highest BCUT2D eigenvalue weighted by Gasteiger charge is 2.34. The first-order valence-corrected chi connectivity index (χ1v) is 8.07. The van der Waals surface area contributed by atoms with Crippen LogP contribution in [0.1, 0.15) is 27.3 Å². The van der Waals surface area contributed by atoms with Crippen molar-refractivity contribution in [1.82, 2.24) is 9.78 Å². The van der Waals surface area contributed by atoms with Crippen LogP contribution in [0.25, 0.3) is 5.69 Å². The summed E-state index contributed by atoms with van der Waals surface area (Å²) >= 11 is 0. The Balaban J connectivity index is 1.86. The maximum atomic E-state index is 12.8. The van der Waals surface area contributed by atoms with E-state index in [2.05, 4.69) is 10.4 Å². The second-order valence-corrected chi connectivity index (χ2v) is 6.17. The number of benzene rings is 2. The normalized spacial score (nSPS) is 11.4. The summed E-state index contributed by atoms with van der Waals surface area (Å²) in [7, 11) is 0. The van der Waals surface area contributed by atoms with Crippen LogP contribution >= 0.6 is 0 Å². The van der Waals surface area contributed by atoms with Gasteiger partial charge in [0.1, 0.15) is 0 Å². The van der Waals surface area contributed by atoms with Crippen molar-refractivity contribution < 1.29 is 18.0 Å². The molecule has 5 nitrogen and oxygen atoms in total. The van der Waals surface area contributed by atoms with Crippen molar-refractivity contribution in [3.63, 3.8) is 0 Å². The average molecular weight is 374 g/mol. The molecule has 140 valence electrons. The van der Waals surface area contributed by atoms with Gasteiger partial charge in [0.2, 0.25) is 0 Å². The number of nitrogens with zero attached hydrogens (tertiary/aromatic N) is 2. The van der Waals surface area contributed by atoms with Crippen LogP contribution in [0.3, 0.4) is 0 Å². The largest absolute Gasteiger partial charge is 0.435 e. The van der Waals surface area contributed by atoms with Gasteiger partial charge in [-0.25, -0.2) is 4.68 Å². The summed E-state index contributed by atoms with van der Waals surface area (Å²) in [5.41, 5.74) is 7.66. The Hall–Kier alpha value is -3.29. The van der Waals surface area contributed by atoms with E-state index >= 15 is 0 Å². The van der Waals surface area contributed by atoms with Gasteiger partial charge in [0.25, 0.3) is 5.91 Å². The molecule has 1 heterocycles. The lowest BCUT2D eigenvalue weighted by atomic mass is 10.1. The summed E-state index contributed by atoms with van der Waals surface area (Å²) in [6.07, 6.45) is -4.54. The molecule has 1 aromatic heterocycles. The third-order valence-electron chi connectivity index (χ3n) is 4.01. The number of aromatic nitrogens is 2. The number of alkyl halides is 3. The van der Waals surface area contributed by atoms with Crippen molar-refractivity contribution >= 4 is 17.3 Å². The van der Waals surface area contributed by atoms with Crippen molar-refractivity contribution in [3.05, 3.63) is 71.0 Å². The van der Waals surface area contributed by atoms with Gasteiger partial charge in [-0.1, -0.05) is 17.7 Å². The van der Waals surface area contributed by atoms with E-state index in [1.165, 1.54) is 25.1 Å². The van der Waals surface area contributed by atoms with E-state index in [1.54, 1.807) is 12.1 Å². The molecular weight excluding hydrogens is 357 g/mol. The average Bonchev–Trinajstić information content (AvgIpc) is 2.99. The van der Waals surface area contributed by atoms with Gasteiger partial charge in [-0.05, 0) is 50.2 Å². The van der Waals surface area contributed by atoms with Crippen LogP contribution in [0.5, 0.6) is 0 Å². The molecule has 0 radical (unpaired) electrons. The highest BCUT2D eigenvalue weighted by molar-refractivity contribution is 6.05. The van der Waals surface area contributed by atoms with Gasteiger partial charge >= 0.3 is 6.18 Å². The summed E-state index contributed by atoms with van der Waals surface area (Å²) in [5.74, 6) is -0.370. The Labute approximate surface area is 153 Å². The first-order chi connectivity index (χ1) is 12.6. The van der Waals surface area contributed by atoms with E-state index in [4.69, 9.17) is 5.73 Å². The number of carbonyl (C=O) groups is 1. The molecule has 0 saturated carbocycles. The highest BCUT2D eigenvalue weighted by atomic mass is 19.4. The maximum Gasteiger partial charge on any atom is 0.435 e. The zero-order valence-electron chi connectivity index (χ0n) is 14.6. The number of anilines is 2. The summed E-state index contributed by atoms with van der Waals surface area (Å²) < 4.78 is 39.6. The Kier molecular flexibility index (Phi) is 4.65. The first kappa shape index (κ1) is 18.5. The van der Waals surface area contributed by atoms with Crippen LogP contribution < -0.4 is 11.1 Å². The van der Waals surface area contributed by atoms with Crippen molar-refractivity contribution in [2.75, 3.05) is 11.1 Å². The fourth-order valence-corrected chi connectivity index (χ4v) is 2.59. The molecule has 1 amide bonds. The second kappa shape index (κ2) is 6.79. The van der Waals surface area contributed by atoms with Crippen LogP contribution in [0, 0.1) is 13.8 Å². The third-order valence-corrected chi connectivity index (χ3v) is 4.01. The summed E-state index contributed by atoms with van der Waals surface area (Å²) in [4.78, 5) is 12.4. The van der Waals surface area contributed by atoms with E-state index in [9.17, 15) is 18.0 Å². The Morgan fingerprint density at radius 3 is 2.30 bits per heavy atom. The molecule has 3 N–H and O–H groups in total. The molecule has 0 aliphatic rings. The highest BCUT2D eigenvalue weighted by Crippen LogP contribution is 2.30. The summed E-state index contributed by atoms with van der Waals surface area (Å²) in [5, 5.41) is 6.32. The number of rotatable bonds is 3. The van der Waals surface area contributed by atoms with E-state index in [-0.39, 0.29) is 28.5 Å². The van der Waals surface area contributed by atoms with Gasteiger partial charge in [0, 0.05) is 16.9 Å². The van der Waals surface area contributed by atoms with Gasteiger partial charge in [0.15, 0.2) is 5.69 Å². The third kappa shape index (κ3) is 3.94. The van der Waals surface area contributed by atoms with Crippen LogP contribution in [0.2, 0.25) is 0 Å². The lowest BCUT2D eigenvalue weighted by Crippen LogP contribution is -2.13. The zero-order valence-corrected chi connectivity index (χ0v) is 14.6. The number of hydrogen-bond donors (Lipinski definition) is 2. The number of nitrogens with two attached hydrogens (primary N) is 1. The predicted molar refractivity (Wildman–Crippen MR) is 96.8 cm³/mol. The molecule has 0 unspecified atom stereocenters. The molecule has 0 spiro atoms. The number of carbonyl (C=O) groups excluding carboxylic acids is 1. The van der Waals surface area contributed by atoms with Gasteiger partial charge in [0.05, 0.1) is 11.4 Å². The minimum absolute atomic E-state index is 0.145. The van der Waals surface area contributed by atoms with Crippen LogP contribution in [0.15, 0.2) is 48.5 Å². The molecule has 3 aromatic rings. The fraction of sp³-hybridized carbons (Fsp3) is 0.158. The van der Waals surface area contributed by atoms with Gasteiger partial charge in [-0.15, -0.1) is 0 Å². The number of nitrogens with one attached hydrogen (secondary N) is 1.